The third-order valence-electron chi connectivity index (χ3n) is 14.1. The lowest BCUT2D eigenvalue weighted by Gasteiger charge is -2.40. The zero-order chi connectivity index (χ0) is 38.5. The number of rotatable bonds is 1. The molecule has 10 aromatic rings. The summed E-state index contributed by atoms with van der Waals surface area (Å²) < 4.78 is 7.06. The average molecular weight is 747 g/mol. The van der Waals surface area contributed by atoms with Gasteiger partial charge in [0.1, 0.15) is 11.5 Å². The van der Waals surface area contributed by atoms with E-state index in [1.165, 1.54) is 111 Å². The Morgan fingerprint density at radius 3 is 1.49 bits per heavy atom. The van der Waals surface area contributed by atoms with Gasteiger partial charge in [-0.2, -0.15) is 0 Å². The Labute approximate surface area is 342 Å². The molecule has 0 saturated carbocycles. The van der Waals surface area contributed by atoms with E-state index in [0.29, 0.717) is 0 Å². The van der Waals surface area contributed by atoms with Gasteiger partial charge in [-0.3, -0.25) is 0 Å². The molecular weight excluding hydrogens is 713 g/mol. The highest BCUT2D eigenvalue weighted by molar-refractivity contribution is 6.07. The van der Waals surface area contributed by atoms with Crippen molar-refractivity contribution in [2.24, 2.45) is 0 Å². The minimum Gasteiger partial charge on any atom is -0.457 e. The lowest BCUT2D eigenvalue weighted by Crippen LogP contribution is -2.32. The lowest BCUT2D eigenvalue weighted by atomic mass is 9.64. The van der Waals surface area contributed by atoms with Crippen LogP contribution in [0.3, 0.4) is 0 Å². The highest BCUT2D eigenvalue weighted by Crippen LogP contribution is 2.67. The molecule has 1 heteroatoms. The van der Waals surface area contributed by atoms with Crippen molar-refractivity contribution in [2.75, 3.05) is 0 Å². The minimum absolute atomic E-state index is 0.502. The summed E-state index contributed by atoms with van der Waals surface area (Å²) in [6, 6.07) is 77.3. The van der Waals surface area contributed by atoms with Crippen LogP contribution in [0.4, 0.5) is 0 Å². The summed E-state index contributed by atoms with van der Waals surface area (Å²) in [4.78, 5) is 0. The molecule has 1 nitrogen and oxygen atoms in total. The fraction of sp³-hybridized carbons (Fsp3) is 0.0345. The summed E-state index contributed by atoms with van der Waals surface area (Å²) in [6.07, 6.45) is 0. The largest absolute Gasteiger partial charge is 0.457 e. The first-order valence-electron chi connectivity index (χ1n) is 20.7. The molecule has 0 fully saturated rings. The first kappa shape index (κ1) is 31.6. The monoisotopic (exact) mass is 746 g/mol. The molecule has 0 bridgehead atoms. The minimum atomic E-state index is -0.600. The van der Waals surface area contributed by atoms with Crippen LogP contribution in [0.15, 0.2) is 206 Å². The van der Waals surface area contributed by atoms with Crippen molar-refractivity contribution in [1.82, 2.24) is 0 Å². The zero-order valence-electron chi connectivity index (χ0n) is 32.0. The maximum absolute atomic E-state index is 7.06. The molecule has 272 valence electrons. The number of ether oxygens (including phenoxy) is 1. The molecule has 0 N–H and O–H groups in total. The van der Waals surface area contributed by atoms with Crippen molar-refractivity contribution in [3.63, 3.8) is 0 Å². The molecule has 0 radical (unpaired) electrons. The summed E-state index contributed by atoms with van der Waals surface area (Å²) in [5.74, 6) is 1.81. The molecular formula is C58H34O. The van der Waals surface area contributed by atoms with Gasteiger partial charge in [0.15, 0.2) is 0 Å². The highest BCUT2D eigenvalue weighted by Gasteiger charge is 2.54. The van der Waals surface area contributed by atoms with E-state index in [2.05, 4.69) is 206 Å². The van der Waals surface area contributed by atoms with Gasteiger partial charge in [0.05, 0.1) is 10.8 Å². The predicted octanol–water partition coefficient (Wildman–Crippen LogP) is 14.5. The van der Waals surface area contributed by atoms with Crippen LogP contribution in [-0.2, 0) is 10.8 Å². The number of hydrogen-bond donors (Lipinski definition) is 0. The molecule has 1 aliphatic heterocycles. The first-order chi connectivity index (χ1) is 29.3. The average Bonchev–Trinajstić information content (AvgIpc) is 3.89. The Balaban J connectivity index is 1.11. The topological polar surface area (TPSA) is 9.23 Å². The van der Waals surface area contributed by atoms with E-state index in [9.17, 15) is 0 Å². The molecule has 4 aliphatic rings. The summed E-state index contributed by atoms with van der Waals surface area (Å²) in [5, 5.41) is 4.99. The fourth-order valence-electron chi connectivity index (χ4n) is 12.1. The second-order valence-electron chi connectivity index (χ2n) is 16.6. The van der Waals surface area contributed by atoms with E-state index in [1.807, 2.05) is 0 Å². The summed E-state index contributed by atoms with van der Waals surface area (Å²) in [6.45, 7) is 0. The molecule has 1 heterocycles. The normalized spacial score (nSPS) is 16.5. The maximum atomic E-state index is 7.06. The Bertz CT molecular complexity index is 3450. The van der Waals surface area contributed by atoms with Gasteiger partial charge in [0.25, 0.3) is 0 Å². The van der Waals surface area contributed by atoms with Crippen LogP contribution in [0.1, 0.15) is 44.5 Å². The second-order valence-corrected chi connectivity index (χ2v) is 16.6. The Kier molecular flexibility index (Phi) is 5.96. The fourth-order valence-corrected chi connectivity index (χ4v) is 12.1. The van der Waals surface area contributed by atoms with Gasteiger partial charge in [-0.1, -0.05) is 188 Å². The van der Waals surface area contributed by atoms with Gasteiger partial charge in [-0.05, 0) is 118 Å². The molecule has 0 amide bonds. The van der Waals surface area contributed by atoms with Gasteiger partial charge in [-0.15, -0.1) is 0 Å². The van der Waals surface area contributed by atoms with Crippen LogP contribution in [-0.4, -0.2) is 0 Å². The third kappa shape index (κ3) is 3.69. The van der Waals surface area contributed by atoms with Crippen molar-refractivity contribution in [1.29, 1.82) is 0 Å². The Morgan fingerprint density at radius 1 is 0.288 bits per heavy atom. The van der Waals surface area contributed by atoms with Crippen molar-refractivity contribution in [2.45, 2.75) is 10.8 Å². The quantitative estimate of drug-likeness (QED) is 0.163. The molecule has 1 atom stereocenters. The summed E-state index contributed by atoms with van der Waals surface area (Å²) in [7, 11) is 0. The number of benzene rings is 10. The molecule has 14 rings (SSSR count). The smallest absolute Gasteiger partial charge is 0.132 e. The van der Waals surface area contributed by atoms with Crippen LogP contribution < -0.4 is 4.74 Å². The number of fused-ring (bicyclic) bond motifs is 23. The Hall–Kier alpha value is -7.48. The van der Waals surface area contributed by atoms with Gasteiger partial charge >= 0.3 is 0 Å². The van der Waals surface area contributed by atoms with E-state index in [-0.39, 0.29) is 0 Å². The van der Waals surface area contributed by atoms with Crippen molar-refractivity contribution in [3.8, 4) is 56.0 Å². The van der Waals surface area contributed by atoms with Gasteiger partial charge in [0, 0.05) is 11.1 Å². The van der Waals surface area contributed by atoms with Crippen molar-refractivity contribution < 1.29 is 4.74 Å². The highest BCUT2D eigenvalue weighted by atomic mass is 16.5. The van der Waals surface area contributed by atoms with E-state index in [4.69, 9.17) is 4.74 Å². The number of hydrogen-bond acceptors (Lipinski definition) is 1. The molecule has 1 unspecified atom stereocenters. The Morgan fingerprint density at radius 2 is 0.780 bits per heavy atom. The van der Waals surface area contributed by atoms with Gasteiger partial charge < -0.3 is 4.74 Å². The summed E-state index contributed by atoms with van der Waals surface area (Å²) in [5.41, 5.74) is 19.5. The van der Waals surface area contributed by atoms with Crippen molar-refractivity contribution in [3.05, 3.63) is 251 Å². The predicted molar refractivity (Wildman–Crippen MR) is 241 cm³/mol. The van der Waals surface area contributed by atoms with E-state index >= 15 is 0 Å². The maximum Gasteiger partial charge on any atom is 0.132 e. The second kappa shape index (κ2) is 11.1. The molecule has 0 aromatic heterocycles. The molecule has 10 aromatic carbocycles. The van der Waals surface area contributed by atoms with E-state index in [0.717, 1.165) is 11.5 Å². The van der Waals surface area contributed by atoms with E-state index < -0.39 is 10.8 Å². The first-order valence-corrected chi connectivity index (χ1v) is 20.7. The molecule has 3 aliphatic carbocycles. The van der Waals surface area contributed by atoms with Crippen molar-refractivity contribution >= 4 is 21.5 Å². The third-order valence-corrected chi connectivity index (χ3v) is 14.1. The molecule has 2 spiro atoms. The summed E-state index contributed by atoms with van der Waals surface area (Å²) >= 11 is 0. The van der Waals surface area contributed by atoms with Crippen LogP contribution in [0.25, 0.3) is 66.1 Å². The SMILES string of the molecule is c1ccc2c(c1)-c1cccc(-c3ccc4c(c3)C3(c5ccccc5-c5ccccc53)c3c(ccc5ccccc35)O4)c1C21c2ccccc2-c2c1ccc1ccccc21. The molecule has 59 heavy (non-hydrogen) atoms. The van der Waals surface area contributed by atoms with E-state index in [1.54, 1.807) is 0 Å². The molecule has 0 saturated heterocycles. The van der Waals surface area contributed by atoms with Crippen LogP contribution in [0.5, 0.6) is 11.5 Å². The van der Waals surface area contributed by atoms with Gasteiger partial charge in [-0.25, -0.2) is 0 Å². The van der Waals surface area contributed by atoms with Crippen LogP contribution >= 0.6 is 0 Å². The lowest BCUT2D eigenvalue weighted by molar-refractivity contribution is 0.438. The zero-order valence-corrected chi connectivity index (χ0v) is 32.0. The van der Waals surface area contributed by atoms with Crippen LogP contribution in [0, 0.1) is 0 Å². The van der Waals surface area contributed by atoms with Crippen LogP contribution in [0.2, 0.25) is 0 Å². The standard InChI is InChI=1S/C58H34O/c1-3-16-38-35(14-1)28-31-50-54(38)45-21-8-12-27-49(45)57(50)48-26-11-7-20-43(48)44-23-13-22-40(55(44)57)37-30-32-52-51(34-37)58(56-39-17-4-2-15-36(39)29-33-53(56)59-52)46-24-9-5-18-41(46)42-19-6-10-25-47(42)58/h1-34H. The van der Waals surface area contributed by atoms with Gasteiger partial charge in [0.2, 0.25) is 0 Å².